The van der Waals surface area contributed by atoms with Crippen molar-refractivity contribution in [1.82, 2.24) is 5.32 Å². The summed E-state index contributed by atoms with van der Waals surface area (Å²) in [5, 5.41) is 16.8. The molecule has 2 aromatic rings. The first kappa shape index (κ1) is 34.0. The summed E-state index contributed by atoms with van der Waals surface area (Å²) in [4.78, 5) is 14.7. The number of hydrogen-bond donors (Lipinski definition) is 3. The Morgan fingerprint density at radius 1 is 0.927 bits per heavy atom. The highest BCUT2D eigenvalue weighted by molar-refractivity contribution is 7.90. The maximum atomic E-state index is 12.5. The molecule has 3 N–H and O–H groups in total. The van der Waals surface area contributed by atoms with Crippen LogP contribution < -0.4 is 10.6 Å². The number of azide groups is 1. The number of urea groups is 1. The van der Waals surface area contributed by atoms with E-state index in [0.717, 1.165) is 42.4 Å². The molecular weight excluding hydrogens is 538 g/mol. The van der Waals surface area contributed by atoms with Crippen LogP contribution in [0.3, 0.4) is 0 Å². The SMILES string of the molecule is CCCCCCC(C)c1cc(CCNC(=O)Nc2ccc(S(=O)(=O)N=[N+]=[N-])cc2)cc(C(C)CCCCCC)c1O. The van der Waals surface area contributed by atoms with E-state index in [1.54, 1.807) is 0 Å². The Bertz CT molecular complexity index is 1220. The molecule has 2 rings (SSSR count). The molecule has 226 valence electrons. The second-order valence-electron chi connectivity index (χ2n) is 10.9. The van der Waals surface area contributed by atoms with Crippen LogP contribution in [0.1, 0.15) is 120 Å². The molecule has 0 saturated heterocycles. The highest BCUT2D eigenvalue weighted by Gasteiger charge is 2.19. The summed E-state index contributed by atoms with van der Waals surface area (Å²) in [5.41, 5.74) is 11.9. The zero-order valence-corrected chi connectivity index (χ0v) is 25.8. The fourth-order valence-electron chi connectivity index (χ4n) is 5.01. The Kier molecular flexibility index (Phi) is 14.5. The van der Waals surface area contributed by atoms with Crippen molar-refractivity contribution in [3.05, 3.63) is 63.5 Å². The lowest BCUT2D eigenvalue weighted by molar-refractivity contribution is 0.252. The van der Waals surface area contributed by atoms with Gasteiger partial charge in [-0.15, -0.1) is 0 Å². The molecule has 10 heteroatoms. The minimum atomic E-state index is -4.08. The number of rotatable bonds is 18. The molecule has 2 amide bonds. The Balaban J connectivity index is 2.08. The molecule has 0 heterocycles. The van der Waals surface area contributed by atoms with E-state index in [1.807, 2.05) is 0 Å². The first-order valence-electron chi connectivity index (χ1n) is 14.9. The molecular formula is C31H47N5O4S. The fourth-order valence-corrected chi connectivity index (χ4v) is 5.68. The van der Waals surface area contributed by atoms with Gasteiger partial charge < -0.3 is 15.7 Å². The van der Waals surface area contributed by atoms with Gasteiger partial charge in [-0.25, -0.2) is 13.2 Å². The van der Waals surface area contributed by atoms with Gasteiger partial charge in [0.1, 0.15) is 5.75 Å². The third-order valence-electron chi connectivity index (χ3n) is 7.53. The number of phenols is 1. The van der Waals surface area contributed by atoms with Gasteiger partial charge in [-0.3, -0.25) is 0 Å². The first-order chi connectivity index (χ1) is 19.6. The Morgan fingerprint density at radius 3 is 1.95 bits per heavy atom. The molecule has 9 nitrogen and oxygen atoms in total. The van der Waals surface area contributed by atoms with E-state index in [4.69, 9.17) is 5.53 Å². The van der Waals surface area contributed by atoms with Crippen molar-refractivity contribution in [3.63, 3.8) is 0 Å². The van der Waals surface area contributed by atoms with Crippen LogP contribution in [-0.4, -0.2) is 26.1 Å². The van der Waals surface area contributed by atoms with Crippen molar-refractivity contribution in [2.45, 2.75) is 115 Å². The molecule has 0 aliphatic heterocycles. The summed E-state index contributed by atoms with van der Waals surface area (Å²) >= 11 is 0. The van der Waals surface area contributed by atoms with Gasteiger partial charge >= 0.3 is 6.03 Å². The predicted molar refractivity (Wildman–Crippen MR) is 166 cm³/mol. The van der Waals surface area contributed by atoms with E-state index in [0.29, 0.717) is 24.4 Å². The molecule has 0 aliphatic carbocycles. The molecule has 0 bridgehead atoms. The molecule has 0 saturated carbocycles. The maximum absolute atomic E-state index is 12.5. The molecule has 41 heavy (non-hydrogen) atoms. The van der Waals surface area contributed by atoms with Crippen molar-refractivity contribution < 1.29 is 18.3 Å². The summed E-state index contributed by atoms with van der Waals surface area (Å²) in [6.45, 7) is 9.19. The summed E-state index contributed by atoms with van der Waals surface area (Å²) < 4.78 is 26.4. The fraction of sp³-hybridized carbons (Fsp3) is 0.581. The highest BCUT2D eigenvalue weighted by atomic mass is 32.2. The number of hydrogen-bond acceptors (Lipinski definition) is 4. The van der Waals surface area contributed by atoms with Crippen molar-refractivity contribution in [2.75, 3.05) is 11.9 Å². The number of unbranched alkanes of at least 4 members (excludes halogenated alkanes) is 6. The molecule has 0 fully saturated rings. The quantitative estimate of drug-likeness (QED) is 0.0694. The van der Waals surface area contributed by atoms with Crippen LogP contribution in [0.25, 0.3) is 10.4 Å². The number of anilines is 1. The third kappa shape index (κ3) is 11.3. The average molecular weight is 586 g/mol. The third-order valence-corrected chi connectivity index (χ3v) is 8.68. The van der Waals surface area contributed by atoms with Crippen molar-refractivity contribution in [2.24, 2.45) is 4.52 Å². The molecule has 2 aromatic carbocycles. The Hall–Kier alpha value is -3.23. The van der Waals surface area contributed by atoms with Crippen LogP contribution >= 0.6 is 0 Å². The lowest BCUT2D eigenvalue weighted by Gasteiger charge is -2.22. The van der Waals surface area contributed by atoms with Gasteiger partial charge in [-0.2, -0.15) is 0 Å². The monoisotopic (exact) mass is 585 g/mol. The van der Waals surface area contributed by atoms with E-state index in [2.05, 4.69) is 59.9 Å². The Labute approximate surface area is 245 Å². The van der Waals surface area contributed by atoms with E-state index in [1.165, 1.54) is 62.8 Å². The summed E-state index contributed by atoms with van der Waals surface area (Å²) in [6, 6.07) is 9.18. The number of nitrogens with zero attached hydrogens (tertiary/aromatic N) is 3. The minimum absolute atomic E-state index is 0.153. The molecule has 0 aliphatic rings. The predicted octanol–water partition coefficient (Wildman–Crippen LogP) is 8.90. The number of benzene rings is 2. The minimum Gasteiger partial charge on any atom is -0.507 e. The topological polar surface area (TPSA) is 144 Å². The van der Waals surface area contributed by atoms with E-state index in [9.17, 15) is 18.3 Å². The zero-order chi connectivity index (χ0) is 30.3. The van der Waals surface area contributed by atoms with E-state index in [-0.39, 0.29) is 16.7 Å². The standard InChI is InChI=1S/C31H47N5O4S/c1-5-7-9-11-13-23(3)28-21-25(22-29(30(28)37)24(4)14-12-10-8-6-2)19-20-33-31(38)34-26-15-17-27(18-16-26)41(39,40)36-35-32/h15-18,21-24,37H,5-14,19-20H2,1-4H3,(H2,33,34,38). The lowest BCUT2D eigenvalue weighted by Crippen LogP contribution is -2.30. The molecule has 0 radical (unpaired) electrons. The Morgan fingerprint density at radius 2 is 1.46 bits per heavy atom. The van der Waals surface area contributed by atoms with Gasteiger partial charge in [-0.1, -0.05) is 91.2 Å². The highest BCUT2D eigenvalue weighted by Crippen LogP contribution is 2.38. The molecule has 2 atom stereocenters. The van der Waals surface area contributed by atoms with Crippen LogP contribution in [0.4, 0.5) is 10.5 Å². The normalized spacial score (nSPS) is 12.8. The number of carbonyl (C=O) groups is 1. The smallest absolute Gasteiger partial charge is 0.319 e. The van der Waals surface area contributed by atoms with Crippen molar-refractivity contribution >= 4 is 21.7 Å². The first-order valence-corrected chi connectivity index (χ1v) is 16.4. The van der Waals surface area contributed by atoms with Gasteiger partial charge in [0.15, 0.2) is 0 Å². The second-order valence-corrected chi connectivity index (χ2v) is 12.5. The zero-order valence-electron chi connectivity index (χ0n) is 25.0. The number of amides is 2. The number of carbonyl (C=O) groups excluding carboxylic acids is 1. The van der Waals surface area contributed by atoms with Gasteiger partial charge in [0.2, 0.25) is 0 Å². The van der Waals surface area contributed by atoms with Gasteiger partial charge in [0.25, 0.3) is 10.0 Å². The number of aromatic hydroxyl groups is 1. The van der Waals surface area contributed by atoms with Crippen LogP contribution in [0.5, 0.6) is 5.75 Å². The van der Waals surface area contributed by atoms with Gasteiger partial charge in [-0.05, 0) is 77.6 Å². The summed E-state index contributed by atoms with van der Waals surface area (Å²) in [5.74, 6) is 0.927. The van der Waals surface area contributed by atoms with Gasteiger partial charge in [0.05, 0.1) is 4.90 Å². The maximum Gasteiger partial charge on any atom is 0.319 e. The number of sulfonamides is 1. The number of nitrogens with one attached hydrogen (secondary N) is 2. The number of phenolic OH excluding ortho intramolecular Hbond substituents is 1. The van der Waals surface area contributed by atoms with Crippen LogP contribution in [0, 0.1) is 0 Å². The second kappa shape index (κ2) is 17.6. The van der Waals surface area contributed by atoms with Crippen LogP contribution in [-0.2, 0) is 16.4 Å². The summed E-state index contributed by atoms with van der Waals surface area (Å²) in [6.07, 6.45) is 12.2. The van der Waals surface area contributed by atoms with Crippen molar-refractivity contribution in [1.29, 1.82) is 0 Å². The molecule has 0 aromatic heterocycles. The van der Waals surface area contributed by atoms with Crippen LogP contribution in [0.2, 0.25) is 0 Å². The summed E-state index contributed by atoms with van der Waals surface area (Å²) in [7, 11) is -4.08. The molecule has 0 spiro atoms. The largest absolute Gasteiger partial charge is 0.507 e. The van der Waals surface area contributed by atoms with Crippen molar-refractivity contribution in [3.8, 4) is 5.75 Å². The van der Waals surface area contributed by atoms with Gasteiger partial charge in [0, 0.05) is 21.7 Å². The van der Waals surface area contributed by atoms with E-state index < -0.39 is 16.1 Å². The molecule has 2 unspecified atom stereocenters. The van der Waals surface area contributed by atoms with Crippen LogP contribution in [0.15, 0.2) is 45.8 Å². The van der Waals surface area contributed by atoms with E-state index >= 15 is 0 Å². The lowest BCUT2D eigenvalue weighted by atomic mass is 9.85. The average Bonchev–Trinajstić information content (AvgIpc) is 2.94.